The number of carboxylic acid groups (broad SMARTS) is 1. The molecule has 1 aromatic carbocycles. The molecule has 0 aromatic heterocycles. The number of likely N-dealkylation sites (tertiary alicyclic amines) is 1. The monoisotopic (exact) mass is 478 g/mol. The number of hydrogen-bond donors (Lipinski definition) is 1. The van der Waals surface area contributed by atoms with Gasteiger partial charge in [0.2, 0.25) is 13.2 Å². The number of carbonyl (C=O) groups excluding carboxylic acids is 1. The quantitative estimate of drug-likeness (QED) is 0.339. The molecule has 34 heavy (non-hydrogen) atoms. The van der Waals surface area contributed by atoms with E-state index in [1.165, 1.54) is 0 Å². The van der Waals surface area contributed by atoms with Crippen LogP contribution in [-0.2, 0) is 14.3 Å². The van der Waals surface area contributed by atoms with Gasteiger partial charge in [-0.15, -0.1) is 0 Å². The van der Waals surface area contributed by atoms with Crippen molar-refractivity contribution >= 4 is 12.4 Å². The van der Waals surface area contributed by atoms with Gasteiger partial charge in [-0.1, -0.05) is 39.7 Å². The van der Waals surface area contributed by atoms with Crippen LogP contribution >= 0.6 is 0 Å². The maximum atomic E-state index is 11.9. The van der Waals surface area contributed by atoms with Crippen molar-refractivity contribution in [3.05, 3.63) is 23.8 Å². The molecule has 1 saturated heterocycles. The number of carbonyl (C=O) groups is 2. The number of aliphatic carboxylic acids is 1. The number of hydrogen-bond acceptors (Lipinski definition) is 6. The summed E-state index contributed by atoms with van der Waals surface area (Å²) in [5, 5.41) is 9.74. The minimum atomic E-state index is -0.776. The Labute approximate surface area is 204 Å². The first-order chi connectivity index (χ1) is 16.5. The lowest BCUT2D eigenvalue weighted by Gasteiger charge is -2.23. The van der Waals surface area contributed by atoms with Gasteiger partial charge in [-0.05, 0) is 44.0 Å². The molecule has 0 saturated carbocycles. The molecule has 0 bridgehead atoms. The lowest BCUT2D eigenvalue weighted by atomic mass is 9.85. The van der Waals surface area contributed by atoms with Crippen LogP contribution < -0.4 is 9.47 Å². The number of amides is 1. The summed E-state index contributed by atoms with van der Waals surface area (Å²) in [4.78, 5) is 26.3. The number of nitrogens with zero attached hydrogens (tertiary/aromatic N) is 2. The van der Waals surface area contributed by atoms with E-state index in [9.17, 15) is 14.7 Å². The summed E-state index contributed by atoms with van der Waals surface area (Å²) in [6, 6.07) is 5.59. The van der Waals surface area contributed by atoms with Crippen molar-refractivity contribution in [2.45, 2.75) is 64.8 Å². The van der Waals surface area contributed by atoms with Crippen molar-refractivity contribution < 1.29 is 28.9 Å². The Morgan fingerprint density at radius 2 is 1.82 bits per heavy atom. The normalized spacial score (nSPS) is 21.1. The van der Waals surface area contributed by atoms with Gasteiger partial charge in [0.05, 0.1) is 12.5 Å². The maximum absolute atomic E-state index is 11.9. The van der Waals surface area contributed by atoms with Crippen molar-refractivity contribution in [2.75, 3.05) is 46.7 Å². The molecule has 2 aliphatic rings. The minimum absolute atomic E-state index is 0.0813. The van der Waals surface area contributed by atoms with Crippen LogP contribution in [0.3, 0.4) is 0 Å². The van der Waals surface area contributed by atoms with Gasteiger partial charge in [-0.2, -0.15) is 0 Å². The van der Waals surface area contributed by atoms with Gasteiger partial charge in [-0.25, -0.2) is 0 Å². The topological polar surface area (TPSA) is 88.5 Å². The van der Waals surface area contributed by atoms with E-state index in [1.54, 1.807) is 0 Å². The number of rotatable bonds is 13. The Morgan fingerprint density at radius 3 is 2.41 bits per heavy atom. The predicted octanol–water partition coefficient (Wildman–Crippen LogP) is 3.99. The molecular formula is C26H42N2O6. The van der Waals surface area contributed by atoms with Crippen LogP contribution in [0.1, 0.15) is 64.4 Å². The zero-order chi connectivity index (χ0) is 24.9. The molecular weight excluding hydrogens is 436 g/mol. The highest BCUT2D eigenvalue weighted by molar-refractivity contribution is 5.73. The Kier molecular flexibility index (Phi) is 12.2. The molecule has 1 N–H and O–H groups in total. The maximum Gasteiger partial charge on any atom is 0.308 e. The molecule has 0 radical (unpaired) electrons. The molecule has 1 amide bonds. The third kappa shape index (κ3) is 7.87. The number of carboxylic acids is 1. The highest BCUT2D eigenvalue weighted by atomic mass is 16.7. The van der Waals surface area contributed by atoms with E-state index in [2.05, 4.69) is 18.7 Å². The van der Waals surface area contributed by atoms with Crippen LogP contribution in [-0.4, -0.2) is 80.0 Å². The molecule has 192 valence electrons. The van der Waals surface area contributed by atoms with Crippen LogP contribution in [0.15, 0.2) is 18.2 Å². The van der Waals surface area contributed by atoms with E-state index in [4.69, 9.17) is 14.2 Å². The van der Waals surface area contributed by atoms with E-state index >= 15 is 0 Å². The average molecular weight is 479 g/mol. The molecule has 8 heteroatoms. The summed E-state index contributed by atoms with van der Waals surface area (Å²) in [5.74, 6) is 0.0661. The Hall–Kier alpha value is -2.32. The van der Waals surface area contributed by atoms with Gasteiger partial charge in [0.25, 0.3) is 0 Å². The molecule has 3 atom stereocenters. The fraction of sp³-hybridized carbons (Fsp3) is 0.692. The van der Waals surface area contributed by atoms with Gasteiger partial charge in [0.15, 0.2) is 11.5 Å². The second-order valence-electron chi connectivity index (χ2n) is 9.01. The zero-order valence-electron chi connectivity index (χ0n) is 21.2. The highest BCUT2D eigenvalue weighted by Crippen LogP contribution is 2.41. The lowest BCUT2D eigenvalue weighted by molar-refractivity contribution is -0.143. The Balaban J connectivity index is 0.000000316. The SMILES string of the molecule is CCCCN(C=O)CCCC.CCCOCC1C(C(=O)O)C(c2ccc3c(c2)OCO3)CN1C. The third-order valence-corrected chi connectivity index (χ3v) is 6.39. The van der Waals surface area contributed by atoms with Crippen molar-refractivity contribution in [1.29, 1.82) is 0 Å². The largest absolute Gasteiger partial charge is 0.481 e. The van der Waals surface area contributed by atoms with Crippen LogP contribution in [0.5, 0.6) is 11.5 Å². The smallest absolute Gasteiger partial charge is 0.308 e. The summed E-state index contributed by atoms with van der Waals surface area (Å²) in [5.41, 5.74) is 0.978. The standard InChI is InChI=1S/C17H23NO5.C9H19NO/c1-3-6-21-9-13-16(17(19)20)12(8-18(13)2)11-4-5-14-15(7-11)23-10-22-14;1-3-5-7-10(9-11)8-6-4-2/h4-5,7,12-13,16H,3,6,8-10H2,1-2H3,(H,19,20);9H,3-8H2,1-2H3. The van der Waals surface area contributed by atoms with Crippen molar-refractivity contribution in [2.24, 2.45) is 5.92 Å². The first kappa shape index (κ1) is 27.9. The van der Waals surface area contributed by atoms with Gasteiger partial charge in [0, 0.05) is 38.2 Å². The molecule has 0 spiro atoms. The second kappa shape index (κ2) is 14.8. The van der Waals surface area contributed by atoms with Crippen LogP contribution in [0.25, 0.3) is 0 Å². The van der Waals surface area contributed by atoms with E-state index in [0.29, 0.717) is 25.5 Å². The summed E-state index contributed by atoms with van der Waals surface area (Å²) in [6.07, 6.45) is 6.48. The van der Waals surface area contributed by atoms with E-state index in [0.717, 1.165) is 62.9 Å². The summed E-state index contributed by atoms with van der Waals surface area (Å²) < 4.78 is 16.4. The lowest BCUT2D eigenvalue weighted by Crippen LogP contribution is -2.37. The minimum Gasteiger partial charge on any atom is -0.481 e. The highest BCUT2D eigenvalue weighted by Gasteiger charge is 2.45. The molecule has 1 aromatic rings. The molecule has 8 nitrogen and oxygen atoms in total. The molecule has 2 aliphatic heterocycles. The van der Waals surface area contributed by atoms with Gasteiger partial charge >= 0.3 is 5.97 Å². The summed E-state index contributed by atoms with van der Waals surface area (Å²) in [6.45, 7) is 10.2. The molecule has 2 heterocycles. The fourth-order valence-corrected chi connectivity index (χ4v) is 4.41. The van der Waals surface area contributed by atoms with Crippen molar-refractivity contribution in [3.63, 3.8) is 0 Å². The predicted molar refractivity (Wildman–Crippen MR) is 131 cm³/mol. The van der Waals surface area contributed by atoms with Gasteiger partial charge in [-0.3, -0.25) is 14.5 Å². The first-order valence-corrected chi connectivity index (χ1v) is 12.6. The third-order valence-electron chi connectivity index (χ3n) is 6.39. The molecule has 1 fully saturated rings. The average Bonchev–Trinajstić information content (AvgIpc) is 3.43. The Bertz CT molecular complexity index is 751. The number of fused-ring (bicyclic) bond motifs is 1. The summed E-state index contributed by atoms with van der Waals surface area (Å²) >= 11 is 0. The fourth-order valence-electron chi connectivity index (χ4n) is 4.41. The Morgan fingerprint density at radius 1 is 1.15 bits per heavy atom. The van der Waals surface area contributed by atoms with Gasteiger partial charge < -0.3 is 24.2 Å². The number of unbranched alkanes of at least 4 members (excludes halogenated alkanes) is 2. The molecule has 3 rings (SSSR count). The number of benzene rings is 1. The van der Waals surface area contributed by atoms with Crippen LogP contribution in [0, 0.1) is 5.92 Å². The van der Waals surface area contributed by atoms with E-state index in [-0.39, 0.29) is 18.8 Å². The van der Waals surface area contributed by atoms with E-state index in [1.807, 2.05) is 37.1 Å². The number of ether oxygens (including phenoxy) is 3. The number of likely N-dealkylation sites (N-methyl/N-ethyl adjacent to an activating group) is 1. The molecule has 3 unspecified atom stereocenters. The molecule has 0 aliphatic carbocycles. The second-order valence-corrected chi connectivity index (χ2v) is 9.01. The van der Waals surface area contributed by atoms with Crippen molar-refractivity contribution in [3.8, 4) is 11.5 Å². The van der Waals surface area contributed by atoms with Crippen LogP contribution in [0.4, 0.5) is 0 Å². The van der Waals surface area contributed by atoms with Gasteiger partial charge in [0.1, 0.15) is 0 Å². The first-order valence-electron chi connectivity index (χ1n) is 12.6. The van der Waals surface area contributed by atoms with Crippen LogP contribution in [0.2, 0.25) is 0 Å². The zero-order valence-corrected chi connectivity index (χ0v) is 21.2. The van der Waals surface area contributed by atoms with E-state index < -0.39 is 11.9 Å². The van der Waals surface area contributed by atoms with Crippen molar-refractivity contribution in [1.82, 2.24) is 9.80 Å². The summed E-state index contributed by atoms with van der Waals surface area (Å²) in [7, 11) is 1.96.